The van der Waals surface area contributed by atoms with E-state index in [4.69, 9.17) is 9.47 Å². The third-order valence-corrected chi connectivity index (χ3v) is 5.14. The van der Waals surface area contributed by atoms with Gasteiger partial charge >= 0.3 is 0 Å². The van der Waals surface area contributed by atoms with E-state index in [1.54, 1.807) is 24.3 Å². The van der Waals surface area contributed by atoms with Crippen molar-refractivity contribution in [1.82, 2.24) is 5.32 Å². The number of hydrogen-bond acceptors (Lipinski definition) is 5. The average Bonchev–Trinajstić information content (AvgIpc) is 2.58. The molecule has 1 N–H and O–H groups in total. The van der Waals surface area contributed by atoms with Crippen molar-refractivity contribution in [2.75, 3.05) is 44.0 Å². The van der Waals surface area contributed by atoms with Gasteiger partial charge in [0.15, 0.2) is 0 Å². The molecule has 1 amide bonds. The summed E-state index contributed by atoms with van der Waals surface area (Å²) in [7, 11) is -1.93. The third kappa shape index (κ3) is 5.10. The predicted octanol–water partition coefficient (Wildman–Crippen LogP) is 1.00. The van der Waals surface area contributed by atoms with Crippen molar-refractivity contribution >= 4 is 21.6 Å². The molecule has 8 heteroatoms. The Morgan fingerprint density at radius 2 is 2.08 bits per heavy atom. The molecule has 0 atom stereocenters. The molecule has 24 heavy (non-hydrogen) atoms. The van der Waals surface area contributed by atoms with Crippen LogP contribution in [-0.2, 0) is 19.6 Å². The van der Waals surface area contributed by atoms with Crippen LogP contribution in [0.4, 0.5) is 5.69 Å². The molecule has 1 aromatic carbocycles. The number of benzene rings is 1. The number of hydrogen-bond donors (Lipinski definition) is 1. The van der Waals surface area contributed by atoms with Gasteiger partial charge in [-0.15, -0.1) is 0 Å². The molecule has 0 aliphatic carbocycles. The Hall–Kier alpha value is -1.80. The second kappa shape index (κ2) is 8.34. The van der Waals surface area contributed by atoms with Crippen LogP contribution in [0.25, 0.3) is 0 Å². The van der Waals surface area contributed by atoms with Gasteiger partial charge in [-0.2, -0.15) is 0 Å². The van der Waals surface area contributed by atoms with E-state index in [1.165, 1.54) is 11.4 Å². The predicted molar refractivity (Wildman–Crippen MR) is 91.7 cm³/mol. The minimum atomic E-state index is -3.46. The van der Waals surface area contributed by atoms with Crippen LogP contribution < -0.4 is 14.4 Å². The number of sulfonamides is 1. The zero-order chi connectivity index (χ0) is 17.6. The lowest BCUT2D eigenvalue weighted by molar-refractivity contribution is -0.127. The Kier molecular flexibility index (Phi) is 6.44. The fourth-order valence-electron chi connectivity index (χ4n) is 2.64. The molecular formula is C16H24N2O5S. The van der Waals surface area contributed by atoms with Gasteiger partial charge in [0.2, 0.25) is 15.9 Å². The number of carbonyl (C=O) groups excluding carboxylic acids is 1. The Morgan fingerprint density at radius 1 is 1.38 bits per heavy atom. The third-order valence-electron chi connectivity index (χ3n) is 3.95. The van der Waals surface area contributed by atoms with Gasteiger partial charge in [0.1, 0.15) is 5.75 Å². The van der Waals surface area contributed by atoms with Crippen molar-refractivity contribution in [3.05, 3.63) is 24.3 Å². The molecule has 1 aromatic rings. The summed E-state index contributed by atoms with van der Waals surface area (Å²) >= 11 is 0. The van der Waals surface area contributed by atoms with Crippen molar-refractivity contribution in [3.8, 4) is 5.75 Å². The number of nitrogens with zero attached hydrogens (tertiary/aromatic N) is 1. The van der Waals surface area contributed by atoms with E-state index in [0.717, 1.165) is 6.26 Å². The van der Waals surface area contributed by atoms with Crippen molar-refractivity contribution in [1.29, 1.82) is 0 Å². The van der Waals surface area contributed by atoms with E-state index in [2.05, 4.69) is 5.32 Å². The summed E-state index contributed by atoms with van der Waals surface area (Å²) in [6.07, 6.45) is 2.56. The highest BCUT2D eigenvalue weighted by molar-refractivity contribution is 7.92. The molecule has 0 aromatic heterocycles. The van der Waals surface area contributed by atoms with Crippen molar-refractivity contribution in [2.45, 2.75) is 12.8 Å². The average molecular weight is 356 g/mol. The lowest BCUT2D eigenvalue weighted by Gasteiger charge is -2.24. The topological polar surface area (TPSA) is 84.9 Å². The number of anilines is 1. The minimum Gasteiger partial charge on any atom is -0.497 e. The molecule has 1 saturated heterocycles. The van der Waals surface area contributed by atoms with Gasteiger partial charge in [0.05, 0.1) is 25.6 Å². The van der Waals surface area contributed by atoms with Crippen LogP contribution in [0.1, 0.15) is 12.8 Å². The Bertz CT molecular complexity index is 656. The second-order valence-electron chi connectivity index (χ2n) is 5.71. The summed E-state index contributed by atoms with van der Waals surface area (Å²) < 4.78 is 35.8. The normalized spacial score (nSPS) is 15.8. The molecule has 0 bridgehead atoms. The maximum Gasteiger partial charge on any atom is 0.232 e. The first-order valence-corrected chi connectivity index (χ1v) is 9.74. The zero-order valence-corrected chi connectivity index (χ0v) is 14.8. The zero-order valence-electron chi connectivity index (χ0n) is 14.0. The molecule has 0 spiro atoms. The summed E-state index contributed by atoms with van der Waals surface area (Å²) in [5, 5.41) is 2.82. The first-order chi connectivity index (χ1) is 11.4. The van der Waals surface area contributed by atoms with E-state index in [1.807, 2.05) is 0 Å². The van der Waals surface area contributed by atoms with Gasteiger partial charge in [-0.05, 0) is 25.0 Å². The Labute approximate surface area is 143 Å². The summed E-state index contributed by atoms with van der Waals surface area (Å²) in [5.74, 6) is 0.479. The molecule has 1 aliphatic heterocycles. The number of methoxy groups -OCH3 is 1. The highest BCUT2D eigenvalue weighted by Crippen LogP contribution is 2.22. The number of nitrogens with one attached hydrogen (secondary N) is 1. The van der Waals surface area contributed by atoms with Crippen LogP contribution in [-0.4, -0.2) is 54.0 Å². The van der Waals surface area contributed by atoms with E-state index < -0.39 is 10.0 Å². The smallest absolute Gasteiger partial charge is 0.232 e. The van der Waals surface area contributed by atoms with Crippen LogP contribution in [0.5, 0.6) is 5.75 Å². The maximum absolute atomic E-state index is 12.1. The van der Waals surface area contributed by atoms with E-state index in [-0.39, 0.29) is 24.9 Å². The van der Waals surface area contributed by atoms with Crippen LogP contribution in [0.2, 0.25) is 0 Å². The largest absolute Gasteiger partial charge is 0.497 e. The fraction of sp³-hybridized carbons (Fsp3) is 0.562. The molecular weight excluding hydrogens is 332 g/mol. The number of ether oxygens (including phenoxy) is 2. The lowest BCUT2D eigenvalue weighted by Crippen LogP contribution is -2.41. The molecule has 1 heterocycles. The highest BCUT2D eigenvalue weighted by Gasteiger charge is 2.22. The van der Waals surface area contributed by atoms with Gasteiger partial charge in [0.25, 0.3) is 0 Å². The van der Waals surface area contributed by atoms with E-state index >= 15 is 0 Å². The SMILES string of the molecule is COc1cccc(N(CCNC(=O)C2CCOCC2)S(C)(=O)=O)c1. The van der Waals surface area contributed by atoms with Gasteiger partial charge in [0, 0.05) is 31.7 Å². The van der Waals surface area contributed by atoms with Crippen molar-refractivity contribution in [2.24, 2.45) is 5.92 Å². The second-order valence-corrected chi connectivity index (χ2v) is 7.62. The molecule has 7 nitrogen and oxygen atoms in total. The fourth-order valence-corrected chi connectivity index (χ4v) is 3.56. The number of carbonyl (C=O) groups is 1. The quantitative estimate of drug-likeness (QED) is 0.788. The van der Waals surface area contributed by atoms with Crippen LogP contribution in [0.15, 0.2) is 24.3 Å². The summed E-state index contributed by atoms with van der Waals surface area (Å²) in [5.41, 5.74) is 0.511. The molecule has 1 fully saturated rings. The Balaban J connectivity index is 1.98. The van der Waals surface area contributed by atoms with Gasteiger partial charge < -0.3 is 14.8 Å². The van der Waals surface area contributed by atoms with Crippen LogP contribution >= 0.6 is 0 Å². The summed E-state index contributed by atoms with van der Waals surface area (Å²) in [4.78, 5) is 12.1. The van der Waals surface area contributed by atoms with E-state index in [0.29, 0.717) is 37.5 Å². The molecule has 0 saturated carbocycles. The monoisotopic (exact) mass is 356 g/mol. The van der Waals surface area contributed by atoms with Crippen LogP contribution in [0.3, 0.4) is 0 Å². The highest BCUT2D eigenvalue weighted by atomic mass is 32.2. The van der Waals surface area contributed by atoms with Gasteiger partial charge in [-0.3, -0.25) is 9.10 Å². The molecule has 1 aliphatic rings. The number of amides is 1. The standard InChI is InChI=1S/C16H24N2O5S/c1-22-15-5-3-4-14(12-15)18(24(2,20)21)9-8-17-16(19)13-6-10-23-11-7-13/h3-5,12-13H,6-11H2,1-2H3,(H,17,19). The summed E-state index contributed by atoms with van der Waals surface area (Å²) in [6, 6.07) is 6.83. The first-order valence-electron chi connectivity index (χ1n) is 7.89. The van der Waals surface area contributed by atoms with E-state index in [9.17, 15) is 13.2 Å². The first kappa shape index (κ1) is 18.5. The molecule has 2 rings (SSSR count). The van der Waals surface area contributed by atoms with Crippen LogP contribution in [0, 0.1) is 5.92 Å². The van der Waals surface area contributed by atoms with Gasteiger partial charge in [-0.25, -0.2) is 8.42 Å². The summed E-state index contributed by atoms with van der Waals surface area (Å²) in [6.45, 7) is 1.61. The Morgan fingerprint density at radius 3 is 2.71 bits per heavy atom. The van der Waals surface area contributed by atoms with Gasteiger partial charge in [-0.1, -0.05) is 6.07 Å². The molecule has 0 radical (unpaired) electrons. The van der Waals surface area contributed by atoms with Crippen molar-refractivity contribution < 1.29 is 22.7 Å². The van der Waals surface area contributed by atoms with Crippen molar-refractivity contribution in [3.63, 3.8) is 0 Å². The number of rotatable bonds is 7. The maximum atomic E-state index is 12.1. The minimum absolute atomic E-state index is 0.0441. The molecule has 134 valence electrons. The lowest BCUT2D eigenvalue weighted by atomic mass is 9.99. The molecule has 0 unspecified atom stereocenters.